The van der Waals surface area contributed by atoms with Crippen molar-refractivity contribution in [2.45, 2.75) is 45.8 Å². The number of methoxy groups -OCH3 is 1. The molecule has 172 valence electrons. The lowest BCUT2D eigenvalue weighted by atomic mass is 10.1. The fourth-order valence-electron chi connectivity index (χ4n) is 3.51. The molecular weight excluding hydrogens is 421 g/mol. The minimum atomic E-state index is -4.45. The molecule has 0 saturated heterocycles. The zero-order valence-corrected chi connectivity index (χ0v) is 18.6. The van der Waals surface area contributed by atoms with Gasteiger partial charge in [-0.05, 0) is 63.9 Å². The molecule has 32 heavy (non-hydrogen) atoms. The van der Waals surface area contributed by atoms with Crippen LogP contribution in [0.15, 0.2) is 36.5 Å². The van der Waals surface area contributed by atoms with Crippen molar-refractivity contribution in [1.82, 2.24) is 4.98 Å². The summed E-state index contributed by atoms with van der Waals surface area (Å²) in [6, 6.07) is 6.72. The Kier molecular flexibility index (Phi) is 7.08. The van der Waals surface area contributed by atoms with E-state index in [4.69, 9.17) is 15.2 Å². The third-order valence-corrected chi connectivity index (χ3v) is 5.10. The molecule has 3 rings (SSSR count). The molecule has 2 heterocycles. The van der Waals surface area contributed by atoms with Crippen molar-refractivity contribution in [2.24, 2.45) is 5.73 Å². The number of pyridine rings is 2. The summed E-state index contributed by atoms with van der Waals surface area (Å²) in [5.41, 5.74) is 10.4. The quantitative estimate of drug-likeness (QED) is 0.491. The molecule has 0 radical (unpaired) electrons. The van der Waals surface area contributed by atoms with Crippen LogP contribution < -0.4 is 25.3 Å². The summed E-state index contributed by atoms with van der Waals surface area (Å²) in [5.74, 6) is 0.968. The van der Waals surface area contributed by atoms with Crippen LogP contribution in [-0.4, -0.2) is 24.7 Å². The molecule has 0 bridgehead atoms. The molecule has 0 aliphatic carbocycles. The van der Waals surface area contributed by atoms with Crippen molar-refractivity contribution in [3.8, 4) is 17.4 Å². The van der Waals surface area contributed by atoms with Crippen LogP contribution in [0.3, 0.4) is 0 Å². The Morgan fingerprint density at radius 3 is 2.59 bits per heavy atom. The maximum absolute atomic E-state index is 13.2. The summed E-state index contributed by atoms with van der Waals surface area (Å²) >= 11 is 0. The third kappa shape index (κ3) is 5.21. The second kappa shape index (κ2) is 9.60. The van der Waals surface area contributed by atoms with E-state index in [2.05, 4.69) is 10.4 Å². The summed E-state index contributed by atoms with van der Waals surface area (Å²) in [5, 5.41) is 0.682. The Balaban J connectivity index is 2.12. The Labute approximate surface area is 185 Å². The van der Waals surface area contributed by atoms with Crippen molar-refractivity contribution >= 4 is 11.0 Å². The fraction of sp³-hybridized carbons (Fsp3) is 0.391. The van der Waals surface area contributed by atoms with Gasteiger partial charge in [0.1, 0.15) is 23.1 Å². The molecule has 9 heteroatoms. The first kappa shape index (κ1) is 23.6. The highest BCUT2D eigenvalue weighted by molar-refractivity contribution is 5.85. The van der Waals surface area contributed by atoms with E-state index in [9.17, 15) is 13.2 Å². The van der Waals surface area contributed by atoms with Crippen LogP contribution in [0, 0.1) is 13.8 Å². The number of halogens is 3. The number of nitrogens with one attached hydrogen (secondary N) is 1. The monoisotopic (exact) mass is 449 g/mol. The van der Waals surface area contributed by atoms with Crippen molar-refractivity contribution < 1.29 is 27.3 Å². The average molecular weight is 449 g/mol. The standard InChI is InChI=1S/C23H28F3N4O2/c1-14-11-19(31-4)28-22-20(14)21(15(2)13-30(22)29-16(3)7-6-10-27)32-18-9-5-8-17(12-18)23(24,25)26/h5,8-9,11-13,16,29H,6-7,10,27H2,1-4H3/q+1. The van der Waals surface area contributed by atoms with Crippen molar-refractivity contribution in [1.29, 1.82) is 0 Å². The summed E-state index contributed by atoms with van der Waals surface area (Å²) < 4.78 is 52.6. The predicted octanol–water partition coefficient (Wildman–Crippen LogP) is 4.63. The Hall–Kier alpha value is -3.07. The zero-order valence-electron chi connectivity index (χ0n) is 18.6. The number of ether oxygens (including phenoxy) is 2. The average Bonchev–Trinajstić information content (AvgIpc) is 2.74. The number of fused-ring (bicyclic) bond motifs is 1. The van der Waals surface area contributed by atoms with E-state index in [0.29, 0.717) is 29.2 Å². The van der Waals surface area contributed by atoms with Crippen LogP contribution in [0.2, 0.25) is 0 Å². The number of alkyl halides is 3. The van der Waals surface area contributed by atoms with E-state index in [1.54, 1.807) is 10.7 Å². The number of nitrogens with two attached hydrogens (primary N) is 1. The van der Waals surface area contributed by atoms with Gasteiger partial charge in [0.15, 0.2) is 0 Å². The lowest BCUT2D eigenvalue weighted by Gasteiger charge is -2.17. The van der Waals surface area contributed by atoms with Crippen molar-refractivity contribution in [3.05, 3.63) is 53.2 Å². The lowest BCUT2D eigenvalue weighted by molar-refractivity contribution is -0.628. The normalized spacial score (nSPS) is 12.6. The smallest absolute Gasteiger partial charge is 0.416 e. The minimum absolute atomic E-state index is 0.0986. The maximum Gasteiger partial charge on any atom is 0.416 e. The van der Waals surface area contributed by atoms with Gasteiger partial charge in [0.2, 0.25) is 0 Å². The number of aromatic nitrogens is 2. The molecule has 6 nitrogen and oxygen atoms in total. The van der Waals surface area contributed by atoms with Crippen LogP contribution in [0.4, 0.5) is 13.2 Å². The Morgan fingerprint density at radius 2 is 1.94 bits per heavy atom. The van der Waals surface area contributed by atoms with Gasteiger partial charge < -0.3 is 15.2 Å². The first-order chi connectivity index (χ1) is 15.1. The first-order valence-corrected chi connectivity index (χ1v) is 10.4. The number of aryl methyl sites for hydroxylation is 2. The minimum Gasteiger partial charge on any atom is -0.463 e. The van der Waals surface area contributed by atoms with Gasteiger partial charge in [-0.1, -0.05) is 6.07 Å². The van der Waals surface area contributed by atoms with Crippen molar-refractivity contribution in [3.63, 3.8) is 0 Å². The van der Waals surface area contributed by atoms with Crippen LogP contribution in [0.5, 0.6) is 17.4 Å². The van der Waals surface area contributed by atoms with Gasteiger partial charge in [0, 0.05) is 16.6 Å². The molecule has 0 amide bonds. The first-order valence-electron chi connectivity index (χ1n) is 10.4. The fourth-order valence-corrected chi connectivity index (χ4v) is 3.51. The molecule has 0 aliphatic heterocycles. The molecule has 3 aromatic rings. The lowest BCUT2D eigenvalue weighted by Crippen LogP contribution is -2.50. The number of hydrogen-bond donors (Lipinski definition) is 2. The van der Waals surface area contributed by atoms with Crippen LogP contribution in [-0.2, 0) is 6.18 Å². The number of nitrogens with zero attached hydrogens (tertiary/aromatic N) is 2. The SMILES string of the molecule is COc1cc(C)c2c(Oc3cccc(C(F)(F)F)c3)c(C)c[n+](NC(C)CCCN)c2n1. The van der Waals surface area contributed by atoms with Gasteiger partial charge in [-0.2, -0.15) is 13.2 Å². The molecule has 0 fully saturated rings. The number of rotatable bonds is 8. The van der Waals surface area contributed by atoms with Gasteiger partial charge in [-0.15, -0.1) is 4.68 Å². The second-order valence-corrected chi connectivity index (χ2v) is 7.78. The van der Waals surface area contributed by atoms with Gasteiger partial charge >= 0.3 is 17.7 Å². The highest BCUT2D eigenvalue weighted by atomic mass is 19.4. The summed E-state index contributed by atoms with van der Waals surface area (Å²) in [6.07, 6.45) is -0.894. The predicted molar refractivity (Wildman–Crippen MR) is 117 cm³/mol. The molecule has 0 saturated carbocycles. The maximum atomic E-state index is 13.2. The van der Waals surface area contributed by atoms with E-state index in [-0.39, 0.29) is 11.8 Å². The van der Waals surface area contributed by atoms with Gasteiger partial charge in [0.25, 0.3) is 0 Å². The van der Waals surface area contributed by atoms with E-state index in [0.717, 1.165) is 36.1 Å². The number of hydrogen-bond acceptors (Lipinski definition) is 5. The number of benzene rings is 1. The molecule has 1 unspecified atom stereocenters. The van der Waals surface area contributed by atoms with E-state index < -0.39 is 11.7 Å². The molecule has 3 N–H and O–H groups in total. The molecule has 0 spiro atoms. The largest absolute Gasteiger partial charge is 0.463 e. The molecule has 1 atom stereocenters. The topological polar surface area (TPSA) is 73.3 Å². The highest BCUT2D eigenvalue weighted by Gasteiger charge is 2.31. The van der Waals surface area contributed by atoms with Crippen LogP contribution in [0.1, 0.15) is 36.5 Å². The summed E-state index contributed by atoms with van der Waals surface area (Å²) in [4.78, 5) is 4.58. The molecule has 0 aliphatic rings. The molecule has 1 aromatic carbocycles. The van der Waals surface area contributed by atoms with Crippen LogP contribution >= 0.6 is 0 Å². The van der Waals surface area contributed by atoms with Crippen molar-refractivity contribution in [2.75, 3.05) is 19.1 Å². The Morgan fingerprint density at radius 1 is 1.19 bits per heavy atom. The summed E-state index contributed by atoms with van der Waals surface area (Å²) in [6.45, 7) is 6.37. The van der Waals surface area contributed by atoms with E-state index in [1.165, 1.54) is 19.2 Å². The van der Waals surface area contributed by atoms with E-state index in [1.807, 2.05) is 27.0 Å². The van der Waals surface area contributed by atoms with Gasteiger partial charge in [0.05, 0.1) is 18.7 Å². The van der Waals surface area contributed by atoms with Gasteiger partial charge in [-0.3, -0.25) is 5.43 Å². The Bertz CT molecular complexity index is 1100. The molecular formula is C23H28F3N4O2+. The van der Waals surface area contributed by atoms with Crippen LogP contribution in [0.25, 0.3) is 11.0 Å². The highest BCUT2D eigenvalue weighted by Crippen LogP contribution is 2.37. The third-order valence-electron chi connectivity index (χ3n) is 5.10. The van der Waals surface area contributed by atoms with E-state index >= 15 is 0 Å². The summed E-state index contributed by atoms with van der Waals surface area (Å²) in [7, 11) is 1.53. The molecule has 2 aromatic heterocycles. The second-order valence-electron chi connectivity index (χ2n) is 7.78. The van der Waals surface area contributed by atoms with Gasteiger partial charge in [-0.25, -0.2) is 0 Å². The zero-order chi connectivity index (χ0) is 23.5.